The summed E-state index contributed by atoms with van der Waals surface area (Å²) in [6.07, 6.45) is 5.71. The lowest BCUT2D eigenvalue weighted by molar-refractivity contribution is 0.0735. The summed E-state index contributed by atoms with van der Waals surface area (Å²) >= 11 is 1.58. The molecular weight excluding hydrogens is 419 g/mol. The van der Waals surface area contributed by atoms with Crippen molar-refractivity contribution < 1.29 is 18.3 Å². The molecular formula is C22H23FN4O3S. The maximum atomic E-state index is 13.8. The van der Waals surface area contributed by atoms with Crippen LogP contribution in [0.15, 0.2) is 41.1 Å². The fraction of sp³-hybridized carbons (Fsp3) is 0.318. The number of anilines is 1. The maximum absolute atomic E-state index is 13.8. The van der Waals surface area contributed by atoms with Crippen molar-refractivity contribution in [3.63, 3.8) is 0 Å². The number of nitrogens with zero attached hydrogens (tertiary/aromatic N) is 2. The number of hydrogen-bond acceptors (Lipinski definition) is 7. The number of fused-ring (bicyclic) bond motifs is 1. The van der Waals surface area contributed by atoms with E-state index in [2.05, 4.69) is 10.3 Å². The number of pyridine rings is 1. The molecule has 0 saturated carbocycles. The third-order valence-electron chi connectivity index (χ3n) is 5.11. The fourth-order valence-electron chi connectivity index (χ4n) is 3.52. The molecule has 0 unspecified atom stereocenters. The second kappa shape index (κ2) is 9.49. The molecule has 0 radical (unpaired) electrons. The van der Waals surface area contributed by atoms with Gasteiger partial charge in [-0.25, -0.2) is 4.39 Å². The summed E-state index contributed by atoms with van der Waals surface area (Å²) < 4.78 is 24.7. The van der Waals surface area contributed by atoms with Crippen LogP contribution in [0.5, 0.6) is 0 Å². The number of carbonyl (C=O) groups excluding carboxylic acids is 1. The highest BCUT2D eigenvalue weighted by Crippen LogP contribution is 2.27. The van der Waals surface area contributed by atoms with Crippen LogP contribution < -0.4 is 5.32 Å². The first-order chi connectivity index (χ1) is 15.1. The molecule has 1 aliphatic rings. The lowest BCUT2D eigenvalue weighted by Gasteiger charge is -2.20. The third-order valence-corrected chi connectivity index (χ3v) is 5.55. The van der Waals surface area contributed by atoms with Crippen LogP contribution in [0.1, 0.15) is 28.0 Å². The Morgan fingerprint density at radius 3 is 3.00 bits per heavy atom. The molecule has 3 aromatic rings. The molecule has 31 heavy (non-hydrogen) atoms. The van der Waals surface area contributed by atoms with Crippen LogP contribution in [0.2, 0.25) is 0 Å². The highest BCUT2D eigenvalue weighted by molar-refractivity contribution is 7.98. The number of hydrogen-bond donors (Lipinski definition) is 2. The van der Waals surface area contributed by atoms with Gasteiger partial charge in [0.15, 0.2) is 0 Å². The maximum Gasteiger partial charge on any atom is 0.272 e. The lowest BCUT2D eigenvalue weighted by Crippen LogP contribution is -2.33. The molecule has 4 rings (SSSR count). The van der Waals surface area contributed by atoms with E-state index in [9.17, 15) is 9.18 Å². The molecule has 1 aliphatic heterocycles. The van der Waals surface area contributed by atoms with Gasteiger partial charge in [-0.05, 0) is 36.9 Å². The van der Waals surface area contributed by atoms with Crippen LogP contribution in [0.4, 0.5) is 10.1 Å². The molecule has 162 valence electrons. The van der Waals surface area contributed by atoms with Crippen molar-refractivity contribution in [2.75, 3.05) is 43.8 Å². The van der Waals surface area contributed by atoms with E-state index in [0.717, 1.165) is 6.42 Å². The zero-order valence-corrected chi connectivity index (χ0v) is 17.9. The minimum absolute atomic E-state index is 0.141. The van der Waals surface area contributed by atoms with E-state index < -0.39 is 5.82 Å². The molecule has 2 aromatic heterocycles. The molecule has 9 heteroatoms. The fourth-order valence-corrected chi connectivity index (χ4v) is 3.82. The van der Waals surface area contributed by atoms with E-state index in [-0.39, 0.29) is 11.6 Å². The number of halogens is 1. The number of carbonyl (C=O) groups is 1. The van der Waals surface area contributed by atoms with Gasteiger partial charge in [-0.3, -0.25) is 15.2 Å². The van der Waals surface area contributed by atoms with Crippen LogP contribution in [-0.4, -0.2) is 59.9 Å². The number of benzene rings is 1. The largest absolute Gasteiger partial charge is 0.464 e. The Morgan fingerprint density at radius 1 is 1.29 bits per heavy atom. The van der Waals surface area contributed by atoms with Crippen LogP contribution in [0.25, 0.3) is 11.0 Å². The van der Waals surface area contributed by atoms with Crippen LogP contribution in [0.3, 0.4) is 0 Å². The zero-order valence-electron chi connectivity index (χ0n) is 17.1. The van der Waals surface area contributed by atoms with Crippen molar-refractivity contribution in [3.8, 4) is 0 Å². The highest BCUT2D eigenvalue weighted by atomic mass is 32.2. The van der Waals surface area contributed by atoms with Gasteiger partial charge in [0, 0.05) is 48.1 Å². The summed E-state index contributed by atoms with van der Waals surface area (Å²) in [4.78, 5) is 19.1. The van der Waals surface area contributed by atoms with Gasteiger partial charge in [0.25, 0.3) is 5.91 Å². The van der Waals surface area contributed by atoms with E-state index in [1.54, 1.807) is 28.8 Å². The molecule has 0 atom stereocenters. The van der Waals surface area contributed by atoms with E-state index in [1.165, 1.54) is 24.6 Å². The number of nitrogens with one attached hydrogen (secondary N) is 2. The zero-order chi connectivity index (χ0) is 21.8. The number of aromatic nitrogens is 1. The average Bonchev–Trinajstić information content (AvgIpc) is 3.01. The Labute approximate surface area is 183 Å². The van der Waals surface area contributed by atoms with Crippen molar-refractivity contribution in [2.45, 2.75) is 6.42 Å². The first-order valence-corrected chi connectivity index (χ1v) is 11.3. The van der Waals surface area contributed by atoms with Gasteiger partial charge in [-0.1, -0.05) is 0 Å². The Hall–Kier alpha value is -2.91. The predicted octanol–water partition coefficient (Wildman–Crippen LogP) is 3.98. The summed E-state index contributed by atoms with van der Waals surface area (Å²) in [7, 11) is 0. The van der Waals surface area contributed by atoms with Crippen molar-refractivity contribution in [3.05, 3.63) is 59.4 Å². The molecule has 7 nitrogen and oxygen atoms in total. The second-order valence-corrected chi connectivity index (χ2v) is 8.01. The number of thioether (sulfide) groups is 1. The highest BCUT2D eigenvalue weighted by Gasteiger charge is 2.22. The van der Waals surface area contributed by atoms with Gasteiger partial charge in [0.1, 0.15) is 23.4 Å². The average molecular weight is 443 g/mol. The Balaban J connectivity index is 1.68. The predicted molar refractivity (Wildman–Crippen MR) is 120 cm³/mol. The molecule has 1 saturated heterocycles. The molecule has 0 bridgehead atoms. The summed E-state index contributed by atoms with van der Waals surface area (Å²) in [5.74, 6) is 0.0340. The van der Waals surface area contributed by atoms with E-state index in [1.807, 2.05) is 6.26 Å². The Bertz CT molecular complexity index is 1110. The SMILES string of the molecule is CSCNc1cc(C(=O)N2CCCOCC2)ncc1C(=N)c1coc2ccc(F)cc12. The minimum atomic E-state index is -0.399. The molecule has 3 heterocycles. The number of furan rings is 1. The Morgan fingerprint density at radius 2 is 2.16 bits per heavy atom. The van der Waals surface area contributed by atoms with E-state index >= 15 is 0 Å². The molecule has 1 fully saturated rings. The van der Waals surface area contributed by atoms with Crippen LogP contribution in [0, 0.1) is 11.2 Å². The summed E-state index contributed by atoms with van der Waals surface area (Å²) in [5.41, 5.74) is 2.55. The topological polar surface area (TPSA) is 91.5 Å². The van der Waals surface area contributed by atoms with Gasteiger partial charge < -0.3 is 19.4 Å². The minimum Gasteiger partial charge on any atom is -0.464 e. The number of ether oxygens (including phenoxy) is 1. The van der Waals surface area contributed by atoms with Gasteiger partial charge >= 0.3 is 0 Å². The normalized spacial score (nSPS) is 14.5. The lowest BCUT2D eigenvalue weighted by atomic mass is 10.0. The van der Waals surface area contributed by atoms with E-state index in [0.29, 0.717) is 65.7 Å². The third kappa shape index (κ3) is 4.57. The molecule has 0 aliphatic carbocycles. The second-order valence-electron chi connectivity index (χ2n) is 7.15. The van der Waals surface area contributed by atoms with Gasteiger partial charge in [0.2, 0.25) is 0 Å². The first kappa shape index (κ1) is 21.3. The standard InChI is InChI=1S/C22H23FN4O3S/c1-31-13-26-18-10-19(22(28)27-5-2-7-29-8-6-27)25-11-16(18)21(24)17-12-30-20-4-3-14(23)9-15(17)20/h3-4,9-12,24H,2,5-8,13H2,1H3,(H,25,26). The van der Waals surface area contributed by atoms with Gasteiger partial charge in [0.05, 0.1) is 18.2 Å². The number of amides is 1. The molecule has 2 N–H and O–H groups in total. The van der Waals surface area contributed by atoms with Crippen molar-refractivity contribution in [1.82, 2.24) is 9.88 Å². The number of rotatable bonds is 6. The van der Waals surface area contributed by atoms with Gasteiger partial charge in [-0.15, -0.1) is 11.8 Å². The summed E-state index contributed by atoms with van der Waals surface area (Å²) in [6, 6.07) is 5.89. The summed E-state index contributed by atoms with van der Waals surface area (Å²) in [5, 5.41) is 12.5. The van der Waals surface area contributed by atoms with Crippen molar-refractivity contribution in [1.29, 1.82) is 5.41 Å². The molecule has 1 amide bonds. The molecule has 1 aromatic carbocycles. The molecule has 0 spiro atoms. The van der Waals surface area contributed by atoms with Gasteiger partial charge in [-0.2, -0.15) is 0 Å². The van der Waals surface area contributed by atoms with E-state index in [4.69, 9.17) is 14.6 Å². The monoisotopic (exact) mass is 442 g/mol. The quantitative estimate of drug-likeness (QED) is 0.443. The van der Waals surface area contributed by atoms with Crippen LogP contribution >= 0.6 is 11.8 Å². The van der Waals surface area contributed by atoms with Crippen LogP contribution in [-0.2, 0) is 4.74 Å². The van der Waals surface area contributed by atoms with Crippen molar-refractivity contribution >= 4 is 40.0 Å². The summed E-state index contributed by atoms with van der Waals surface area (Å²) in [6.45, 7) is 2.31. The first-order valence-electron chi connectivity index (χ1n) is 9.94. The van der Waals surface area contributed by atoms with Crippen molar-refractivity contribution in [2.24, 2.45) is 0 Å². The smallest absolute Gasteiger partial charge is 0.272 e. The Kier molecular flexibility index (Phi) is 6.53.